The molecule has 0 saturated heterocycles. The van der Waals surface area contributed by atoms with Crippen LogP contribution in [-0.2, 0) is 6.42 Å². The molecule has 3 rings (SSSR count). The Morgan fingerprint density at radius 3 is 2.68 bits per heavy atom. The van der Waals surface area contributed by atoms with Crippen LogP contribution in [0.25, 0.3) is 5.32 Å². The van der Waals surface area contributed by atoms with Gasteiger partial charge in [-0.3, -0.25) is 4.79 Å². The average molecular weight is 336 g/mol. The van der Waals surface area contributed by atoms with Crippen molar-refractivity contribution in [2.24, 2.45) is 0 Å². The Balaban J connectivity index is 1.59. The van der Waals surface area contributed by atoms with Crippen LogP contribution >= 0.6 is 0 Å². The molecule has 1 unspecified atom stereocenters. The summed E-state index contributed by atoms with van der Waals surface area (Å²) in [5.41, 5.74) is 2.90. The fourth-order valence-electron chi connectivity index (χ4n) is 2.51. The number of hydrogen-bond acceptors (Lipinski definition) is 3. The highest BCUT2D eigenvalue weighted by Gasteiger charge is 2.19. The third kappa shape index (κ3) is 4.44. The maximum atomic E-state index is 12.0. The third-order valence-corrected chi connectivity index (χ3v) is 3.90. The van der Waals surface area contributed by atoms with Gasteiger partial charge in [0.05, 0.1) is 0 Å². The SMILES string of the molecule is Cc1ccccc1NC(=O)[N-]c1c[n+](C(C)Cc2ccccc2)no1. The number of nitrogens with zero attached hydrogens (tertiary/aromatic N) is 3. The number of nitrogens with one attached hydrogen (secondary N) is 1. The van der Waals surface area contributed by atoms with E-state index in [1.165, 1.54) is 5.56 Å². The highest BCUT2D eigenvalue weighted by molar-refractivity contribution is 6.03. The molecule has 0 fully saturated rings. The van der Waals surface area contributed by atoms with Crippen molar-refractivity contribution in [1.82, 2.24) is 5.27 Å². The minimum absolute atomic E-state index is 0.0922. The molecule has 6 heteroatoms. The van der Waals surface area contributed by atoms with E-state index in [0.29, 0.717) is 0 Å². The maximum Gasteiger partial charge on any atom is 0.241 e. The van der Waals surface area contributed by atoms with Crippen molar-refractivity contribution in [2.45, 2.75) is 26.3 Å². The summed E-state index contributed by atoms with van der Waals surface area (Å²) in [4.78, 5) is 12.0. The first kappa shape index (κ1) is 16.7. The number of carbonyl (C=O) groups excluding carboxylic acids is 1. The van der Waals surface area contributed by atoms with Gasteiger partial charge in [-0.15, -0.1) is 0 Å². The van der Waals surface area contributed by atoms with Crippen LogP contribution < -0.4 is 10.00 Å². The summed E-state index contributed by atoms with van der Waals surface area (Å²) < 4.78 is 6.82. The molecule has 0 radical (unpaired) electrons. The standard InChI is InChI=1S/C19H20N4O2/c1-14-8-6-7-11-17(14)20-19(24)21-18-13-23(22-25-18)15(2)12-16-9-4-3-5-10-16/h3-11,13,15H,12H2,1-2H3,(H-,20,21,22,24). The van der Waals surface area contributed by atoms with Crippen molar-refractivity contribution < 1.29 is 14.0 Å². The van der Waals surface area contributed by atoms with E-state index < -0.39 is 6.03 Å². The number of anilines is 1. The number of amides is 2. The number of para-hydroxylation sites is 1. The van der Waals surface area contributed by atoms with Gasteiger partial charge in [0.1, 0.15) is 0 Å². The molecule has 2 aromatic carbocycles. The Morgan fingerprint density at radius 2 is 1.92 bits per heavy atom. The fraction of sp³-hybridized carbons (Fsp3) is 0.211. The van der Waals surface area contributed by atoms with Crippen LogP contribution in [0.5, 0.6) is 0 Å². The van der Waals surface area contributed by atoms with Gasteiger partial charge in [0.15, 0.2) is 17.3 Å². The average Bonchev–Trinajstić information content (AvgIpc) is 3.06. The Morgan fingerprint density at radius 1 is 1.20 bits per heavy atom. The quantitative estimate of drug-likeness (QED) is 0.706. The van der Waals surface area contributed by atoms with Crippen LogP contribution in [0.2, 0.25) is 0 Å². The second-order valence-electron chi connectivity index (χ2n) is 5.92. The molecule has 2 amide bonds. The first-order valence-electron chi connectivity index (χ1n) is 8.12. The zero-order chi connectivity index (χ0) is 17.6. The zero-order valence-electron chi connectivity index (χ0n) is 14.2. The topological polar surface area (TPSA) is 73.1 Å². The number of rotatable bonds is 5. The predicted octanol–water partition coefficient (Wildman–Crippen LogP) is 4.31. The third-order valence-electron chi connectivity index (χ3n) is 3.90. The van der Waals surface area contributed by atoms with Gasteiger partial charge in [-0.25, -0.2) is 0 Å². The van der Waals surface area contributed by atoms with E-state index in [1.807, 2.05) is 56.3 Å². The van der Waals surface area contributed by atoms with Crippen LogP contribution in [-0.4, -0.2) is 11.3 Å². The maximum absolute atomic E-state index is 12.0. The van der Waals surface area contributed by atoms with E-state index in [9.17, 15) is 4.79 Å². The number of carbonyl (C=O) groups is 1. The van der Waals surface area contributed by atoms with Crippen molar-refractivity contribution in [2.75, 3.05) is 5.32 Å². The number of urea groups is 1. The van der Waals surface area contributed by atoms with Crippen LogP contribution in [0.3, 0.4) is 0 Å². The van der Waals surface area contributed by atoms with Crippen molar-refractivity contribution in [3.63, 3.8) is 0 Å². The second kappa shape index (κ2) is 7.61. The first-order chi connectivity index (χ1) is 12.1. The summed E-state index contributed by atoms with van der Waals surface area (Å²) in [7, 11) is 0. The van der Waals surface area contributed by atoms with Gasteiger partial charge in [-0.2, -0.15) is 0 Å². The van der Waals surface area contributed by atoms with Crippen molar-refractivity contribution in [3.05, 3.63) is 77.2 Å². The van der Waals surface area contributed by atoms with E-state index in [2.05, 4.69) is 28.0 Å². The van der Waals surface area contributed by atoms with Crippen molar-refractivity contribution in [3.8, 4) is 0 Å². The summed E-state index contributed by atoms with van der Waals surface area (Å²) in [5.74, 6) is 0.172. The lowest BCUT2D eigenvalue weighted by Crippen LogP contribution is -2.39. The summed E-state index contributed by atoms with van der Waals surface area (Å²) in [6.07, 6.45) is 2.44. The second-order valence-corrected chi connectivity index (χ2v) is 5.92. The molecular formula is C19H20N4O2. The zero-order valence-corrected chi connectivity index (χ0v) is 14.2. The molecule has 6 nitrogen and oxygen atoms in total. The lowest BCUT2D eigenvalue weighted by atomic mass is 10.1. The summed E-state index contributed by atoms with van der Waals surface area (Å²) >= 11 is 0. The van der Waals surface area contributed by atoms with E-state index in [0.717, 1.165) is 17.7 Å². The van der Waals surface area contributed by atoms with E-state index in [4.69, 9.17) is 4.52 Å². The minimum Gasteiger partial charge on any atom is -0.424 e. The number of aromatic nitrogens is 2. The Hall–Kier alpha value is -3.15. The van der Waals surface area contributed by atoms with Crippen LogP contribution in [0.1, 0.15) is 24.1 Å². The molecule has 0 bridgehead atoms. The largest absolute Gasteiger partial charge is 0.424 e. The van der Waals surface area contributed by atoms with Gasteiger partial charge < -0.3 is 15.2 Å². The lowest BCUT2D eigenvalue weighted by molar-refractivity contribution is -0.782. The van der Waals surface area contributed by atoms with Gasteiger partial charge in [-0.05, 0) is 28.4 Å². The van der Waals surface area contributed by atoms with Gasteiger partial charge in [0.2, 0.25) is 12.1 Å². The lowest BCUT2D eigenvalue weighted by Gasteiger charge is -2.15. The number of aryl methyl sites for hydroxylation is 1. The summed E-state index contributed by atoms with van der Waals surface area (Å²) in [6.45, 7) is 3.95. The molecule has 0 spiro atoms. The molecule has 1 aromatic heterocycles. The van der Waals surface area contributed by atoms with E-state index in [-0.39, 0.29) is 11.9 Å². The minimum atomic E-state index is -0.492. The van der Waals surface area contributed by atoms with Crippen LogP contribution in [0, 0.1) is 6.92 Å². The number of benzene rings is 2. The van der Waals surface area contributed by atoms with Crippen molar-refractivity contribution in [1.29, 1.82) is 0 Å². The van der Waals surface area contributed by atoms with Gasteiger partial charge in [0.25, 0.3) is 0 Å². The smallest absolute Gasteiger partial charge is 0.241 e. The molecule has 3 aromatic rings. The first-order valence-corrected chi connectivity index (χ1v) is 8.12. The van der Waals surface area contributed by atoms with Gasteiger partial charge in [0, 0.05) is 13.3 Å². The molecule has 0 aliphatic rings. The fourth-order valence-corrected chi connectivity index (χ4v) is 2.51. The van der Waals surface area contributed by atoms with Crippen LogP contribution in [0.15, 0.2) is 65.3 Å². The Bertz CT molecular complexity index is 845. The monoisotopic (exact) mass is 336 g/mol. The normalized spacial score (nSPS) is 11.8. The predicted molar refractivity (Wildman–Crippen MR) is 94.8 cm³/mol. The molecule has 0 aliphatic carbocycles. The molecule has 0 saturated carbocycles. The van der Waals surface area contributed by atoms with Gasteiger partial charge >= 0.3 is 0 Å². The highest BCUT2D eigenvalue weighted by atomic mass is 16.5. The number of hydrogen-bond donors (Lipinski definition) is 1. The summed E-state index contributed by atoms with van der Waals surface area (Å²) in [6, 6.07) is 17.2. The Kier molecular flexibility index (Phi) is 5.09. The molecule has 1 heterocycles. The molecule has 0 aliphatic heterocycles. The molecule has 1 N–H and O–H groups in total. The highest BCUT2D eigenvalue weighted by Crippen LogP contribution is 2.20. The Labute approximate surface area is 146 Å². The summed E-state index contributed by atoms with van der Waals surface area (Å²) in [5, 5.41) is 10.6. The van der Waals surface area contributed by atoms with Crippen LogP contribution in [0.4, 0.5) is 16.4 Å². The van der Waals surface area contributed by atoms with E-state index >= 15 is 0 Å². The van der Waals surface area contributed by atoms with Gasteiger partial charge in [-0.1, -0.05) is 54.6 Å². The van der Waals surface area contributed by atoms with E-state index in [1.54, 1.807) is 10.9 Å². The molecule has 128 valence electrons. The van der Waals surface area contributed by atoms with Crippen molar-refractivity contribution >= 4 is 17.6 Å². The molecule has 25 heavy (non-hydrogen) atoms. The molecular weight excluding hydrogens is 316 g/mol. The molecule has 1 atom stereocenters.